The zero-order valence-corrected chi connectivity index (χ0v) is 7.71. The Kier molecular flexibility index (Phi) is 3.33. The van der Waals surface area contributed by atoms with Crippen LogP contribution in [0.1, 0.15) is 32.6 Å². The van der Waals surface area contributed by atoms with Crippen LogP contribution in [0.4, 0.5) is 0 Å². The summed E-state index contributed by atoms with van der Waals surface area (Å²) in [6.07, 6.45) is 10.1. The molecule has 0 atom stereocenters. The van der Waals surface area contributed by atoms with Crippen LogP contribution in [0.15, 0.2) is 11.0 Å². The van der Waals surface area contributed by atoms with Gasteiger partial charge in [0.2, 0.25) is 0 Å². The second-order valence-electron chi connectivity index (χ2n) is 2.87. The number of rotatable bonds is 4. The predicted molar refractivity (Wildman–Crippen MR) is 49.2 cm³/mol. The number of thioether (sulfide) groups is 1. The third-order valence-corrected chi connectivity index (χ3v) is 2.82. The number of allylic oxidation sites excluding steroid dienone is 2. The number of unbranched alkanes of at least 4 members (excludes halogenated alkanes) is 1. The van der Waals surface area contributed by atoms with Crippen LogP contribution in [0.25, 0.3) is 0 Å². The molecule has 10 heavy (non-hydrogen) atoms. The van der Waals surface area contributed by atoms with E-state index in [0.29, 0.717) is 0 Å². The van der Waals surface area contributed by atoms with E-state index >= 15 is 0 Å². The number of hydrogen-bond acceptors (Lipinski definition) is 1. The molecule has 0 bridgehead atoms. The second-order valence-corrected chi connectivity index (χ2v) is 3.75. The van der Waals surface area contributed by atoms with Crippen molar-refractivity contribution in [2.45, 2.75) is 32.6 Å². The third-order valence-electron chi connectivity index (χ3n) is 1.85. The van der Waals surface area contributed by atoms with Gasteiger partial charge in [-0.25, -0.2) is 0 Å². The molecule has 0 radical (unpaired) electrons. The Hall–Kier alpha value is 0.0900. The SMILES string of the molecule is CCC/C=C(\SC)C1CC1. The molecule has 1 saturated carbocycles. The van der Waals surface area contributed by atoms with Crippen LogP contribution in [0.5, 0.6) is 0 Å². The molecule has 0 aliphatic heterocycles. The molecule has 1 aliphatic carbocycles. The number of hydrogen-bond donors (Lipinski definition) is 0. The van der Waals surface area contributed by atoms with Crippen molar-refractivity contribution < 1.29 is 0 Å². The highest BCUT2D eigenvalue weighted by molar-refractivity contribution is 8.02. The molecule has 0 saturated heterocycles. The first-order valence-electron chi connectivity index (χ1n) is 4.12. The van der Waals surface area contributed by atoms with Crippen molar-refractivity contribution in [3.05, 3.63) is 11.0 Å². The van der Waals surface area contributed by atoms with Gasteiger partial charge in [0, 0.05) is 0 Å². The van der Waals surface area contributed by atoms with Crippen molar-refractivity contribution in [3.63, 3.8) is 0 Å². The Labute approximate surface area is 68.1 Å². The maximum atomic E-state index is 2.42. The Balaban J connectivity index is 2.30. The molecule has 0 aromatic heterocycles. The molecule has 0 N–H and O–H groups in total. The average molecular weight is 156 g/mol. The minimum absolute atomic E-state index is 0.960. The lowest BCUT2D eigenvalue weighted by Crippen LogP contribution is -1.77. The minimum atomic E-state index is 0.960. The summed E-state index contributed by atoms with van der Waals surface area (Å²) in [6.45, 7) is 2.24. The molecule has 0 nitrogen and oxygen atoms in total. The summed E-state index contributed by atoms with van der Waals surface area (Å²) >= 11 is 1.94. The van der Waals surface area contributed by atoms with E-state index in [2.05, 4.69) is 19.3 Å². The van der Waals surface area contributed by atoms with Gasteiger partial charge in [-0.3, -0.25) is 0 Å². The molecule has 0 amide bonds. The first kappa shape index (κ1) is 8.19. The fourth-order valence-electron chi connectivity index (χ4n) is 1.07. The lowest BCUT2D eigenvalue weighted by Gasteiger charge is -1.98. The van der Waals surface area contributed by atoms with Gasteiger partial charge >= 0.3 is 0 Å². The highest BCUT2D eigenvalue weighted by Crippen LogP contribution is 2.41. The Bertz CT molecular complexity index is 123. The predicted octanol–water partition coefficient (Wildman–Crippen LogP) is 3.44. The molecule has 1 rings (SSSR count). The Morgan fingerprint density at radius 3 is 2.70 bits per heavy atom. The van der Waals surface area contributed by atoms with Crippen molar-refractivity contribution in [2.24, 2.45) is 5.92 Å². The monoisotopic (exact) mass is 156 g/mol. The van der Waals surface area contributed by atoms with Crippen molar-refractivity contribution >= 4 is 11.8 Å². The van der Waals surface area contributed by atoms with E-state index in [1.54, 1.807) is 4.91 Å². The summed E-state index contributed by atoms with van der Waals surface area (Å²) in [7, 11) is 0. The molecule has 0 aromatic rings. The topological polar surface area (TPSA) is 0 Å². The fraction of sp³-hybridized carbons (Fsp3) is 0.778. The molecule has 1 heteroatoms. The van der Waals surface area contributed by atoms with E-state index in [-0.39, 0.29) is 0 Å². The van der Waals surface area contributed by atoms with Gasteiger partial charge in [0.1, 0.15) is 0 Å². The molecule has 58 valence electrons. The van der Waals surface area contributed by atoms with Gasteiger partial charge in [0.15, 0.2) is 0 Å². The normalized spacial score (nSPS) is 19.6. The highest BCUT2D eigenvalue weighted by Gasteiger charge is 2.24. The van der Waals surface area contributed by atoms with Crippen LogP contribution >= 0.6 is 11.8 Å². The van der Waals surface area contributed by atoms with Gasteiger partial charge < -0.3 is 0 Å². The largest absolute Gasteiger partial charge is 0.134 e. The van der Waals surface area contributed by atoms with Gasteiger partial charge in [-0.2, -0.15) is 0 Å². The van der Waals surface area contributed by atoms with Crippen LogP contribution in [-0.2, 0) is 0 Å². The van der Waals surface area contributed by atoms with Crippen molar-refractivity contribution in [3.8, 4) is 0 Å². The molecule has 0 unspecified atom stereocenters. The van der Waals surface area contributed by atoms with Crippen molar-refractivity contribution in [2.75, 3.05) is 6.26 Å². The van der Waals surface area contributed by atoms with Gasteiger partial charge in [0.05, 0.1) is 0 Å². The van der Waals surface area contributed by atoms with E-state index < -0.39 is 0 Å². The first-order valence-corrected chi connectivity index (χ1v) is 5.35. The van der Waals surface area contributed by atoms with E-state index in [0.717, 1.165) is 5.92 Å². The minimum Gasteiger partial charge on any atom is -0.134 e. The molecule has 0 spiro atoms. The molecule has 0 heterocycles. The van der Waals surface area contributed by atoms with E-state index in [9.17, 15) is 0 Å². The molecular formula is C9H16S. The smallest absolute Gasteiger partial charge is 0.0105 e. The standard InChI is InChI=1S/C9H16S/c1-3-4-5-9(10-2)8-6-7-8/h5,8H,3-4,6-7H2,1-2H3/b9-5-. The first-order chi connectivity index (χ1) is 4.88. The lowest BCUT2D eigenvalue weighted by atomic mass is 10.3. The summed E-state index contributed by atoms with van der Waals surface area (Å²) in [5, 5.41) is 0. The van der Waals surface area contributed by atoms with E-state index in [1.807, 2.05) is 11.8 Å². The lowest BCUT2D eigenvalue weighted by molar-refractivity contribution is 0.940. The van der Waals surface area contributed by atoms with Gasteiger partial charge in [-0.1, -0.05) is 19.4 Å². The molecule has 1 fully saturated rings. The summed E-state index contributed by atoms with van der Waals surface area (Å²) in [5.74, 6) is 0.960. The van der Waals surface area contributed by atoms with Crippen molar-refractivity contribution in [1.82, 2.24) is 0 Å². The average Bonchev–Trinajstić information content (AvgIpc) is 2.73. The molecular weight excluding hydrogens is 140 g/mol. The summed E-state index contributed by atoms with van der Waals surface area (Å²) < 4.78 is 0. The van der Waals surface area contributed by atoms with Gasteiger partial charge in [0.25, 0.3) is 0 Å². The zero-order chi connectivity index (χ0) is 7.40. The maximum Gasteiger partial charge on any atom is -0.0105 e. The van der Waals surface area contributed by atoms with Crippen LogP contribution in [-0.4, -0.2) is 6.26 Å². The molecule has 1 aliphatic rings. The summed E-state index contributed by atoms with van der Waals surface area (Å²) in [6, 6.07) is 0. The fourth-order valence-corrected chi connectivity index (χ4v) is 1.92. The van der Waals surface area contributed by atoms with Crippen LogP contribution in [0.3, 0.4) is 0 Å². The Morgan fingerprint density at radius 1 is 1.60 bits per heavy atom. The van der Waals surface area contributed by atoms with Crippen LogP contribution < -0.4 is 0 Å². The summed E-state index contributed by atoms with van der Waals surface area (Å²) in [5.41, 5.74) is 0. The zero-order valence-electron chi connectivity index (χ0n) is 6.89. The van der Waals surface area contributed by atoms with Crippen molar-refractivity contribution in [1.29, 1.82) is 0 Å². The highest BCUT2D eigenvalue weighted by atomic mass is 32.2. The Morgan fingerprint density at radius 2 is 2.30 bits per heavy atom. The summed E-state index contributed by atoms with van der Waals surface area (Å²) in [4.78, 5) is 1.64. The second kappa shape index (κ2) is 4.07. The van der Waals surface area contributed by atoms with Gasteiger partial charge in [-0.05, 0) is 36.3 Å². The quantitative estimate of drug-likeness (QED) is 0.601. The maximum absolute atomic E-state index is 2.42. The van der Waals surface area contributed by atoms with Gasteiger partial charge in [-0.15, -0.1) is 11.8 Å². The van der Waals surface area contributed by atoms with E-state index in [1.165, 1.54) is 25.7 Å². The van der Waals surface area contributed by atoms with E-state index in [4.69, 9.17) is 0 Å². The molecule has 0 aromatic carbocycles. The third kappa shape index (κ3) is 2.37. The van der Waals surface area contributed by atoms with Crippen LogP contribution in [0.2, 0.25) is 0 Å². The van der Waals surface area contributed by atoms with Crippen LogP contribution in [0, 0.1) is 5.92 Å².